The summed E-state index contributed by atoms with van der Waals surface area (Å²) in [4.78, 5) is 20.7. The van der Waals surface area contributed by atoms with Crippen molar-refractivity contribution in [2.75, 3.05) is 11.9 Å². The number of nitrogens with zero attached hydrogens (tertiary/aromatic N) is 2. The van der Waals surface area contributed by atoms with E-state index in [1.54, 1.807) is 24.4 Å². The Hall–Kier alpha value is -2.23. The number of carbonyl (C=O) groups is 1. The first-order valence-electron chi connectivity index (χ1n) is 5.59. The minimum Gasteiger partial charge on any atom is -0.320 e. The fourth-order valence-electron chi connectivity index (χ4n) is 1.36. The Balaban J connectivity index is 2.13. The first kappa shape index (κ1) is 13.2. The number of aryl methyl sites for hydroxylation is 1. The van der Waals surface area contributed by atoms with E-state index in [0.29, 0.717) is 16.4 Å². The zero-order chi connectivity index (χ0) is 13.7. The highest BCUT2D eigenvalue weighted by molar-refractivity contribution is 7.13. The maximum atomic E-state index is 11.9. The smallest absolute Gasteiger partial charge is 0.268 e. The second kappa shape index (κ2) is 6.09. The van der Waals surface area contributed by atoms with Gasteiger partial charge in [0.1, 0.15) is 16.4 Å². The number of carbonyl (C=O) groups excluding carboxylic acids is 1. The van der Waals surface area contributed by atoms with Crippen LogP contribution in [0, 0.1) is 18.8 Å². The van der Waals surface area contributed by atoms with Gasteiger partial charge in [-0.25, -0.2) is 9.97 Å². The number of hydrogen-bond donors (Lipinski definition) is 2. The van der Waals surface area contributed by atoms with Crippen LogP contribution < -0.4 is 11.1 Å². The Morgan fingerprint density at radius 2 is 2.37 bits per heavy atom. The summed E-state index contributed by atoms with van der Waals surface area (Å²) in [7, 11) is 0. The van der Waals surface area contributed by atoms with Gasteiger partial charge >= 0.3 is 0 Å². The van der Waals surface area contributed by atoms with Gasteiger partial charge in [-0.15, -0.1) is 11.3 Å². The van der Waals surface area contributed by atoms with E-state index in [4.69, 9.17) is 5.73 Å². The lowest BCUT2D eigenvalue weighted by Gasteiger charge is -2.02. The number of aromatic nitrogens is 2. The molecule has 0 aliphatic heterocycles. The fourth-order valence-corrected chi connectivity index (χ4v) is 2.03. The SMILES string of the molecule is Cc1ncc(C(=O)Nc2cccc(C#CCN)n2)s1. The van der Waals surface area contributed by atoms with Crippen LogP contribution in [0.5, 0.6) is 0 Å². The molecule has 2 rings (SSSR count). The summed E-state index contributed by atoms with van der Waals surface area (Å²) in [5, 5.41) is 3.56. The third-order valence-corrected chi connectivity index (χ3v) is 3.07. The molecule has 6 heteroatoms. The van der Waals surface area contributed by atoms with E-state index in [9.17, 15) is 4.79 Å². The summed E-state index contributed by atoms with van der Waals surface area (Å²) >= 11 is 1.34. The molecule has 5 nitrogen and oxygen atoms in total. The van der Waals surface area contributed by atoms with Gasteiger partial charge in [-0.3, -0.25) is 4.79 Å². The standard InChI is InChI=1S/C13H12N4OS/c1-9-15-8-11(19-9)13(18)17-12-6-2-4-10(16-12)5-3-7-14/h2,4,6,8H,7,14H2,1H3,(H,16,17,18). The van der Waals surface area contributed by atoms with Crippen LogP contribution in [0.2, 0.25) is 0 Å². The number of hydrogen-bond acceptors (Lipinski definition) is 5. The number of nitrogens with one attached hydrogen (secondary N) is 1. The molecular formula is C13H12N4OS. The Morgan fingerprint density at radius 3 is 3.05 bits per heavy atom. The number of pyridine rings is 1. The zero-order valence-corrected chi connectivity index (χ0v) is 11.1. The summed E-state index contributed by atoms with van der Waals surface area (Å²) < 4.78 is 0. The number of rotatable bonds is 2. The fraction of sp³-hybridized carbons (Fsp3) is 0.154. The lowest BCUT2D eigenvalue weighted by atomic mass is 10.3. The monoisotopic (exact) mass is 272 g/mol. The van der Waals surface area contributed by atoms with Gasteiger partial charge in [-0.1, -0.05) is 12.0 Å². The van der Waals surface area contributed by atoms with E-state index in [1.807, 2.05) is 6.92 Å². The highest BCUT2D eigenvalue weighted by Gasteiger charge is 2.09. The number of nitrogens with two attached hydrogens (primary N) is 1. The zero-order valence-electron chi connectivity index (χ0n) is 10.3. The Morgan fingerprint density at radius 1 is 1.53 bits per heavy atom. The molecule has 19 heavy (non-hydrogen) atoms. The minimum absolute atomic E-state index is 0.220. The van der Waals surface area contributed by atoms with Gasteiger partial charge in [0, 0.05) is 0 Å². The maximum absolute atomic E-state index is 11.9. The number of thiazole rings is 1. The lowest BCUT2D eigenvalue weighted by Crippen LogP contribution is -2.11. The molecule has 0 saturated carbocycles. The number of anilines is 1. The topological polar surface area (TPSA) is 80.9 Å². The van der Waals surface area contributed by atoms with Crippen molar-refractivity contribution in [2.45, 2.75) is 6.92 Å². The molecule has 0 aromatic carbocycles. The maximum Gasteiger partial charge on any atom is 0.268 e. The van der Waals surface area contributed by atoms with Gasteiger partial charge in [0.25, 0.3) is 5.91 Å². The van der Waals surface area contributed by atoms with Crippen molar-refractivity contribution < 1.29 is 4.79 Å². The predicted octanol–water partition coefficient (Wildman–Crippen LogP) is 1.41. The van der Waals surface area contributed by atoms with Crippen molar-refractivity contribution in [3.05, 3.63) is 40.0 Å². The van der Waals surface area contributed by atoms with Crippen LogP contribution in [-0.4, -0.2) is 22.4 Å². The van der Waals surface area contributed by atoms with Crippen LogP contribution in [-0.2, 0) is 0 Å². The highest BCUT2D eigenvalue weighted by Crippen LogP contribution is 2.13. The average molecular weight is 272 g/mol. The van der Waals surface area contributed by atoms with Crippen LogP contribution >= 0.6 is 11.3 Å². The van der Waals surface area contributed by atoms with Gasteiger partial charge in [0.15, 0.2) is 0 Å². The normalized spacial score (nSPS) is 9.58. The van der Waals surface area contributed by atoms with E-state index >= 15 is 0 Å². The molecule has 3 N–H and O–H groups in total. The Kier molecular flexibility index (Phi) is 4.23. The van der Waals surface area contributed by atoms with Crippen molar-refractivity contribution in [1.82, 2.24) is 9.97 Å². The second-order valence-electron chi connectivity index (χ2n) is 3.61. The van der Waals surface area contributed by atoms with E-state index in [1.165, 1.54) is 11.3 Å². The molecule has 0 saturated heterocycles. The Bertz CT molecular complexity index is 654. The lowest BCUT2D eigenvalue weighted by molar-refractivity contribution is 0.103. The first-order valence-corrected chi connectivity index (χ1v) is 6.40. The molecule has 2 aromatic rings. The Labute approximate surface area is 114 Å². The van der Waals surface area contributed by atoms with Crippen LogP contribution in [0.25, 0.3) is 0 Å². The molecule has 0 aliphatic rings. The van der Waals surface area contributed by atoms with Crippen LogP contribution in [0.4, 0.5) is 5.82 Å². The largest absolute Gasteiger partial charge is 0.320 e. The van der Waals surface area contributed by atoms with Crippen molar-refractivity contribution in [3.8, 4) is 11.8 Å². The predicted molar refractivity (Wildman–Crippen MR) is 75.0 cm³/mol. The molecule has 0 aliphatic carbocycles. The van der Waals surface area contributed by atoms with E-state index in [-0.39, 0.29) is 12.5 Å². The van der Waals surface area contributed by atoms with Crippen LogP contribution in [0.15, 0.2) is 24.4 Å². The van der Waals surface area contributed by atoms with Crippen molar-refractivity contribution >= 4 is 23.1 Å². The molecule has 1 amide bonds. The third kappa shape index (κ3) is 3.61. The molecule has 0 spiro atoms. The minimum atomic E-state index is -0.220. The van der Waals surface area contributed by atoms with E-state index in [2.05, 4.69) is 27.1 Å². The molecule has 0 atom stereocenters. The first-order chi connectivity index (χ1) is 9.19. The van der Waals surface area contributed by atoms with Gasteiger partial charge in [0.05, 0.1) is 17.7 Å². The summed E-state index contributed by atoms with van der Waals surface area (Å²) in [5.41, 5.74) is 5.87. The summed E-state index contributed by atoms with van der Waals surface area (Å²) in [6, 6.07) is 5.25. The quantitative estimate of drug-likeness (QED) is 0.810. The van der Waals surface area contributed by atoms with Crippen molar-refractivity contribution in [2.24, 2.45) is 5.73 Å². The molecule has 2 aromatic heterocycles. The molecule has 0 unspecified atom stereocenters. The van der Waals surface area contributed by atoms with Gasteiger partial charge in [-0.05, 0) is 25.0 Å². The molecule has 2 heterocycles. The molecule has 0 fully saturated rings. The van der Waals surface area contributed by atoms with E-state index in [0.717, 1.165) is 5.01 Å². The van der Waals surface area contributed by atoms with E-state index < -0.39 is 0 Å². The molecule has 0 bridgehead atoms. The van der Waals surface area contributed by atoms with Gasteiger partial charge in [-0.2, -0.15) is 0 Å². The number of amides is 1. The van der Waals surface area contributed by atoms with Gasteiger partial charge < -0.3 is 11.1 Å². The molecular weight excluding hydrogens is 260 g/mol. The summed E-state index contributed by atoms with van der Waals surface area (Å²) in [6.45, 7) is 2.13. The summed E-state index contributed by atoms with van der Waals surface area (Å²) in [6.07, 6.45) is 1.55. The average Bonchev–Trinajstić information content (AvgIpc) is 2.83. The van der Waals surface area contributed by atoms with Gasteiger partial charge in [0.2, 0.25) is 0 Å². The highest BCUT2D eigenvalue weighted by atomic mass is 32.1. The third-order valence-electron chi connectivity index (χ3n) is 2.15. The van der Waals surface area contributed by atoms with Crippen molar-refractivity contribution in [1.29, 1.82) is 0 Å². The van der Waals surface area contributed by atoms with Crippen LogP contribution in [0.1, 0.15) is 20.4 Å². The molecule has 96 valence electrons. The second-order valence-corrected chi connectivity index (χ2v) is 4.85. The van der Waals surface area contributed by atoms with Crippen LogP contribution in [0.3, 0.4) is 0 Å². The molecule has 0 radical (unpaired) electrons. The summed E-state index contributed by atoms with van der Waals surface area (Å²) in [5.74, 6) is 5.77. The van der Waals surface area contributed by atoms with Crippen molar-refractivity contribution in [3.63, 3.8) is 0 Å².